The zero-order valence-electron chi connectivity index (χ0n) is 20.5. The van der Waals surface area contributed by atoms with Crippen LogP contribution in [0.3, 0.4) is 0 Å². The fraction of sp³-hybridized carbons (Fsp3) is 0.185. The summed E-state index contributed by atoms with van der Waals surface area (Å²) in [6, 6.07) is 17.8. The topological polar surface area (TPSA) is 99.2 Å². The molecule has 8 nitrogen and oxygen atoms in total. The third-order valence-electron chi connectivity index (χ3n) is 5.36. The smallest absolute Gasteiger partial charge is 0.339 e. The van der Waals surface area contributed by atoms with Crippen LogP contribution in [0.4, 0.5) is 4.79 Å². The van der Waals surface area contributed by atoms with E-state index < -0.39 is 21.3 Å². The molecular weight excluding hydrogens is 550 g/mol. The maximum atomic E-state index is 12.9. The number of imide groups is 1. The third-order valence-corrected chi connectivity index (χ3v) is 7.83. The largest absolute Gasteiger partial charge is 0.490 e. The lowest BCUT2D eigenvalue weighted by atomic mass is 10.2. The quantitative estimate of drug-likeness (QED) is 0.217. The first-order valence-electron chi connectivity index (χ1n) is 11.6. The van der Waals surface area contributed by atoms with Gasteiger partial charge in [0.2, 0.25) is 0 Å². The Bertz CT molecular complexity index is 1490. The zero-order valence-corrected chi connectivity index (χ0v) is 22.9. The van der Waals surface area contributed by atoms with Gasteiger partial charge in [-0.3, -0.25) is 14.5 Å². The van der Waals surface area contributed by atoms with Gasteiger partial charge in [0.05, 0.1) is 23.1 Å². The average Bonchev–Trinajstić information content (AvgIpc) is 3.14. The number of para-hydroxylation sites is 1. The van der Waals surface area contributed by atoms with Crippen molar-refractivity contribution < 1.29 is 31.7 Å². The minimum absolute atomic E-state index is 0.00870. The minimum Gasteiger partial charge on any atom is -0.490 e. The van der Waals surface area contributed by atoms with Gasteiger partial charge in [0.15, 0.2) is 11.5 Å². The summed E-state index contributed by atoms with van der Waals surface area (Å²) in [5.41, 5.74) is 1.45. The van der Waals surface area contributed by atoms with E-state index in [1.807, 2.05) is 6.92 Å². The minimum atomic E-state index is -4.09. The molecule has 0 saturated carbocycles. The maximum Gasteiger partial charge on any atom is 0.339 e. The Hall–Kier alpha value is -3.47. The molecular formula is C27H24ClNO7S2. The van der Waals surface area contributed by atoms with Crippen molar-refractivity contribution in [2.24, 2.45) is 0 Å². The van der Waals surface area contributed by atoms with Crippen molar-refractivity contribution in [1.82, 2.24) is 4.90 Å². The van der Waals surface area contributed by atoms with Crippen LogP contribution in [0.1, 0.15) is 18.1 Å². The molecule has 0 unspecified atom stereocenters. The van der Waals surface area contributed by atoms with Crippen molar-refractivity contribution in [2.75, 3.05) is 19.8 Å². The van der Waals surface area contributed by atoms with Gasteiger partial charge in [-0.15, -0.1) is 0 Å². The highest BCUT2D eigenvalue weighted by molar-refractivity contribution is 8.18. The van der Waals surface area contributed by atoms with Crippen molar-refractivity contribution >= 4 is 50.7 Å². The van der Waals surface area contributed by atoms with E-state index >= 15 is 0 Å². The van der Waals surface area contributed by atoms with Crippen molar-refractivity contribution in [3.05, 3.63) is 87.8 Å². The summed E-state index contributed by atoms with van der Waals surface area (Å²) >= 11 is 6.88. The molecule has 1 fully saturated rings. The molecule has 38 heavy (non-hydrogen) atoms. The second-order valence-electron chi connectivity index (χ2n) is 8.10. The molecule has 0 N–H and O–H groups in total. The summed E-state index contributed by atoms with van der Waals surface area (Å²) in [6.45, 7) is 4.01. The van der Waals surface area contributed by atoms with Gasteiger partial charge in [-0.2, -0.15) is 8.42 Å². The summed E-state index contributed by atoms with van der Waals surface area (Å²) in [4.78, 5) is 26.7. The third kappa shape index (κ3) is 6.50. The van der Waals surface area contributed by atoms with Gasteiger partial charge in [-0.1, -0.05) is 47.5 Å². The number of hydrogen-bond donors (Lipinski definition) is 0. The summed E-state index contributed by atoms with van der Waals surface area (Å²) in [5.74, 6) is 0.202. The highest BCUT2D eigenvalue weighted by Gasteiger charge is 2.35. The highest BCUT2D eigenvalue weighted by atomic mass is 35.5. The van der Waals surface area contributed by atoms with Crippen LogP contribution in [-0.4, -0.2) is 44.2 Å². The molecule has 0 bridgehead atoms. The first-order chi connectivity index (χ1) is 18.2. The highest BCUT2D eigenvalue weighted by Crippen LogP contribution is 2.35. The second-order valence-corrected chi connectivity index (χ2v) is 11.0. The molecule has 0 aromatic heterocycles. The summed E-state index contributed by atoms with van der Waals surface area (Å²) in [6.07, 6.45) is 1.54. The summed E-state index contributed by atoms with van der Waals surface area (Å²) in [7, 11) is -4.09. The monoisotopic (exact) mass is 573 g/mol. The molecule has 11 heteroatoms. The van der Waals surface area contributed by atoms with Gasteiger partial charge in [0.25, 0.3) is 11.1 Å². The molecule has 1 saturated heterocycles. The number of nitrogens with zero attached hydrogens (tertiary/aromatic N) is 1. The van der Waals surface area contributed by atoms with Crippen molar-refractivity contribution in [3.63, 3.8) is 0 Å². The first kappa shape index (κ1) is 27.6. The molecule has 0 spiro atoms. The maximum absolute atomic E-state index is 12.9. The van der Waals surface area contributed by atoms with Gasteiger partial charge < -0.3 is 13.7 Å². The number of aryl methyl sites for hydroxylation is 1. The van der Waals surface area contributed by atoms with Crippen LogP contribution in [0.2, 0.25) is 5.02 Å². The van der Waals surface area contributed by atoms with Gasteiger partial charge in [0, 0.05) is 0 Å². The number of amides is 2. The number of ether oxygens (including phenoxy) is 2. The number of carbonyl (C=O) groups excluding carboxylic acids is 2. The van der Waals surface area contributed by atoms with Crippen molar-refractivity contribution in [1.29, 1.82) is 0 Å². The molecule has 3 aromatic rings. The Morgan fingerprint density at radius 2 is 1.68 bits per heavy atom. The van der Waals surface area contributed by atoms with Gasteiger partial charge in [0.1, 0.15) is 17.3 Å². The molecule has 198 valence electrons. The van der Waals surface area contributed by atoms with E-state index in [1.54, 1.807) is 61.5 Å². The number of halogens is 1. The lowest BCUT2D eigenvalue weighted by molar-refractivity contribution is -0.123. The van der Waals surface area contributed by atoms with E-state index in [2.05, 4.69) is 0 Å². The Balaban J connectivity index is 1.48. The van der Waals surface area contributed by atoms with Crippen LogP contribution in [0.5, 0.6) is 17.2 Å². The van der Waals surface area contributed by atoms with Crippen LogP contribution >= 0.6 is 23.4 Å². The van der Waals surface area contributed by atoms with E-state index in [1.165, 1.54) is 18.2 Å². The molecule has 1 aliphatic heterocycles. The van der Waals surface area contributed by atoms with Gasteiger partial charge in [-0.05, 0) is 73.6 Å². The van der Waals surface area contributed by atoms with E-state index in [-0.39, 0.29) is 41.1 Å². The SMILES string of the molecule is CCOc1cc(/C=C2\SC(=O)N(CCOc3ccccc3Cl)C2=O)ccc1OS(=O)(=O)c1ccc(C)cc1. The normalized spacial score (nSPS) is 14.7. The van der Waals surface area contributed by atoms with Crippen molar-refractivity contribution in [3.8, 4) is 17.2 Å². The van der Waals surface area contributed by atoms with E-state index in [0.29, 0.717) is 16.3 Å². The molecule has 3 aromatic carbocycles. The molecule has 0 atom stereocenters. The van der Waals surface area contributed by atoms with Crippen molar-refractivity contribution in [2.45, 2.75) is 18.7 Å². The number of rotatable bonds is 10. The summed E-state index contributed by atoms with van der Waals surface area (Å²) in [5, 5.41) is 0.0175. The van der Waals surface area contributed by atoms with Crippen LogP contribution in [0.25, 0.3) is 6.08 Å². The number of thioether (sulfide) groups is 1. The number of hydrogen-bond acceptors (Lipinski definition) is 8. The van der Waals surface area contributed by atoms with E-state index in [0.717, 1.165) is 22.2 Å². The van der Waals surface area contributed by atoms with Gasteiger partial charge in [-0.25, -0.2) is 0 Å². The predicted octanol–water partition coefficient (Wildman–Crippen LogP) is 5.93. The Morgan fingerprint density at radius 3 is 2.39 bits per heavy atom. The Kier molecular flexibility index (Phi) is 8.65. The molecule has 2 amide bonds. The molecule has 1 heterocycles. The standard InChI is InChI=1S/C27H24ClNO7S2/c1-3-34-24-16-19(10-13-23(24)36-38(32,33)20-11-8-18(2)9-12-20)17-25-26(30)29(27(31)37-25)14-15-35-22-7-5-4-6-21(22)28/h4-13,16-17H,3,14-15H2,1-2H3/b25-17-. The number of carbonyl (C=O) groups is 2. The second kappa shape index (κ2) is 11.9. The van der Waals surface area contributed by atoms with E-state index in [9.17, 15) is 18.0 Å². The average molecular weight is 574 g/mol. The fourth-order valence-corrected chi connectivity index (χ4v) is 5.47. The Morgan fingerprint density at radius 1 is 0.947 bits per heavy atom. The van der Waals surface area contributed by atoms with E-state index in [4.69, 9.17) is 25.3 Å². The fourth-order valence-electron chi connectivity index (χ4n) is 3.48. The van der Waals surface area contributed by atoms with Crippen LogP contribution in [0.15, 0.2) is 76.5 Å². The zero-order chi connectivity index (χ0) is 27.3. The van der Waals surface area contributed by atoms with Crippen LogP contribution in [0, 0.1) is 6.92 Å². The molecule has 4 rings (SSSR count). The number of benzene rings is 3. The Labute approximate surface area is 230 Å². The molecule has 0 aliphatic carbocycles. The van der Waals surface area contributed by atoms with Gasteiger partial charge >= 0.3 is 10.1 Å². The molecule has 1 aliphatic rings. The first-order valence-corrected chi connectivity index (χ1v) is 14.2. The summed E-state index contributed by atoms with van der Waals surface area (Å²) < 4.78 is 42.0. The van der Waals surface area contributed by atoms with Crippen LogP contribution in [-0.2, 0) is 14.9 Å². The van der Waals surface area contributed by atoms with Crippen LogP contribution < -0.4 is 13.7 Å². The molecule has 0 radical (unpaired) electrons. The predicted molar refractivity (Wildman–Crippen MR) is 146 cm³/mol. The lowest BCUT2D eigenvalue weighted by Crippen LogP contribution is -2.32. The lowest BCUT2D eigenvalue weighted by Gasteiger charge is -2.14.